The normalized spacial score (nSPS) is 11.2. The van der Waals surface area contributed by atoms with Crippen LogP contribution in [0.3, 0.4) is 0 Å². The molecule has 20 heavy (non-hydrogen) atoms. The Morgan fingerprint density at radius 1 is 1.05 bits per heavy atom. The highest BCUT2D eigenvalue weighted by Crippen LogP contribution is 2.28. The Morgan fingerprint density at radius 3 is 2.55 bits per heavy atom. The van der Waals surface area contributed by atoms with E-state index in [9.17, 15) is 0 Å². The second-order valence-corrected chi connectivity index (χ2v) is 5.36. The van der Waals surface area contributed by atoms with Crippen molar-refractivity contribution in [3.8, 4) is 11.3 Å². The minimum atomic E-state index is 0.479. The minimum Gasteiger partial charge on any atom is -0.325 e. The molecule has 0 fully saturated rings. The standard InChI is InChI=1S/C17H19N3/c1-11-4-6-13(3)14(8-11)17-15(9-18)20-10-12(2)5-7-16(20)19-17/h4-8,10H,9,18H2,1-3H3. The first kappa shape index (κ1) is 12.9. The first-order chi connectivity index (χ1) is 9.60. The van der Waals surface area contributed by atoms with Crippen LogP contribution < -0.4 is 5.73 Å². The van der Waals surface area contributed by atoms with Gasteiger partial charge < -0.3 is 10.1 Å². The lowest BCUT2D eigenvalue weighted by Gasteiger charge is -2.07. The number of fused-ring (bicyclic) bond motifs is 1. The molecule has 0 aliphatic carbocycles. The predicted octanol–water partition coefficient (Wildman–Crippen LogP) is 3.39. The first-order valence-corrected chi connectivity index (χ1v) is 6.85. The van der Waals surface area contributed by atoms with E-state index in [-0.39, 0.29) is 0 Å². The molecule has 0 bridgehead atoms. The Labute approximate surface area is 119 Å². The molecule has 3 aromatic rings. The average Bonchev–Trinajstić information content (AvgIpc) is 2.79. The molecule has 1 aromatic carbocycles. The van der Waals surface area contributed by atoms with Crippen LogP contribution in [0.1, 0.15) is 22.4 Å². The lowest BCUT2D eigenvalue weighted by Crippen LogP contribution is -2.03. The largest absolute Gasteiger partial charge is 0.325 e. The second-order valence-electron chi connectivity index (χ2n) is 5.36. The van der Waals surface area contributed by atoms with Gasteiger partial charge in [-0.15, -0.1) is 0 Å². The van der Waals surface area contributed by atoms with Gasteiger partial charge in [0.2, 0.25) is 0 Å². The summed E-state index contributed by atoms with van der Waals surface area (Å²) in [5.41, 5.74) is 13.8. The lowest BCUT2D eigenvalue weighted by atomic mass is 10.0. The SMILES string of the molecule is Cc1ccc(C)c(-c2nc3ccc(C)cn3c2CN)c1. The van der Waals surface area contributed by atoms with Crippen LogP contribution >= 0.6 is 0 Å². The maximum atomic E-state index is 5.98. The third kappa shape index (κ3) is 2.00. The number of benzene rings is 1. The predicted molar refractivity (Wildman–Crippen MR) is 82.7 cm³/mol. The van der Waals surface area contributed by atoms with Gasteiger partial charge >= 0.3 is 0 Å². The van der Waals surface area contributed by atoms with Crippen LogP contribution in [-0.2, 0) is 6.54 Å². The number of rotatable bonds is 2. The molecule has 102 valence electrons. The van der Waals surface area contributed by atoms with E-state index in [0.29, 0.717) is 6.54 Å². The van der Waals surface area contributed by atoms with Gasteiger partial charge in [-0.1, -0.05) is 23.8 Å². The molecule has 2 aromatic heterocycles. The van der Waals surface area contributed by atoms with E-state index in [1.54, 1.807) is 0 Å². The molecule has 3 heteroatoms. The fourth-order valence-corrected chi connectivity index (χ4v) is 2.60. The van der Waals surface area contributed by atoms with Crippen LogP contribution in [0.4, 0.5) is 0 Å². The fourth-order valence-electron chi connectivity index (χ4n) is 2.60. The molecule has 0 radical (unpaired) electrons. The number of nitrogens with two attached hydrogens (primary N) is 1. The van der Waals surface area contributed by atoms with Crippen molar-refractivity contribution in [1.82, 2.24) is 9.38 Å². The molecular formula is C17H19N3. The van der Waals surface area contributed by atoms with Crippen molar-refractivity contribution in [2.75, 3.05) is 0 Å². The van der Waals surface area contributed by atoms with E-state index in [1.165, 1.54) is 22.3 Å². The highest BCUT2D eigenvalue weighted by atomic mass is 15.0. The van der Waals surface area contributed by atoms with Gasteiger partial charge in [-0.2, -0.15) is 0 Å². The average molecular weight is 265 g/mol. The molecular weight excluding hydrogens is 246 g/mol. The van der Waals surface area contributed by atoms with Crippen LogP contribution in [0.15, 0.2) is 36.5 Å². The summed E-state index contributed by atoms with van der Waals surface area (Å²) in [7, 11) is 0. The van der Waals surface area contributed by atoms with Crippen molar-refractivity contribution >= 4 is 5.65 Å². The zero-order valence-corrected chi connectivity index (χ0v) is 12.1. The van der Waals surface area contributed by atoms with Gasteiger partial charge in [-0.3, -0.25) is 0 Å². The number of pyridine rings is 1. The van der Waals surface area contributed by atoms with Crippen molar-refractivity contribution in [3.05, 3.63) is 58.9 Å². The minimum absolute atomic E-state index is 0.479. The summed E-state index contributed by atoms with van der Waals surface area (Å²) in [6.45, 7) is 6.78. The second kappa shape index (κ2) is 4.76. The van der Waals surface area contributed by atoms with Crippen LogP contribution in [0.2, 0.25) is 0 Å². The summed E-state index contributed by atoms with van der Waals surface area (Å²) in [4.78, 5) is 4.78. The summed E-state index contributed by atoms with van der Waals surface area (Å²) in [5.74, 6) is 0. The number of nitrogens with zero attached hydrogens (tertiary/aromatic N) is 2. The van der Waals surface area contributed by atoms with E-state index in [0.717, 1.165) is 17.0 Å². The van der Waals surface area contributed by atoms with Gasteiger partial charge in [0.05, 0.1) is 11.4 Å². The number of hydrogen-bond donors (Lipinski definition) is 1. The smallest absolute Gasteiger partial charge is 0.137 e. The van der Waals surface area contributed by atoms with Crippen molar-refractivity contribution in [1.29, 1.82) is 0 Å². The van der Waals surface area contributed by atoms with Gasteiger partial charge in [0.1, 0.15) is 5.65 Å². The van der Waals surface area contributed by atoms with Gasteiger partial charge in [0.15, 0.2) is 0 Å². The van der Waals surface area contributed by atoms with Crippen LogP contribution in [-0.4, -0.2) is 9.38 Å². The van der Waals surface area contributed by atoms with E-state index in [2.05, 4.69) is 55.6 Å². The molecule has 0 unspecified atom stereocenters. The molecule has 3 rings (SSSR count). The Bertz CT molecular complexity index is 784. The van der Waals surface area contributed by atoms with E-state index in [1.807, 2.05) is 6.07 Å². The molecule has 0 spiro atoms. The number of imidazole rings is 1. The van der Waals surface area contributed by atoms with Crippen molar-refractivity contribution < 1.29 is 0 Å². The molecule has 0 atom stereocenters. The molecule has 0 aliphatic rings. The third-order valence-corrected chi connectivity index (χ3v) is 3.71. The van der Waals surface area contributed by atoms with E-state index in [4.69, 9.17) is 10.7 Å². The van der Waals surface area contributed by atoms with Crippen LogP contribution in [0, 0.1) is 20.8 Å². The lowest BCUT2D eigenvalue weighted by molar-refractivity contribution is 0.956. The third-order valence-electron chi connectivity index (χ3n) is 3.71. The summed E-state index contributed by atoms with van der Waals surface area (Å²) in [6.07, 6.45) is 2.10. The van der Waals surface area contributed by atoms with E-state index >= 15 is 0 Å². The molecule has 2 N–H and O–H groups in total. The Hall–Kier alpha value is -2.13. The zero-order valence-electron chi connectivity index (χ0n) is 12.1. The molecule has 2 heterocycles. The van der Waals surface area contributed by atoms with Crippen molar-refractivity contribution in [3.63, 3.8) is 0 Å². The molecule has 3 nitrogen and oxygen atoms in total. The number of hydrogen-bond acceptors (Lipinski definition) is 2. The Morgan fingerprint density at radius 2 is 1.80 bits per heavy atom. The summed E-state index contributed by atoms with van der Waals surface area (Å²) >= 11 is 0. The van der Waals surface area contributed by atoms with Gasteiger partial charge in [0, 0.05) is 18.3 Å². The number of aromatic nitrogens is 2. The highest BCUT2D eigenvalue weighted by molar-refractivity contribution is 5.70. The topological polar surface area (TPSA) is 43.3 Å². The monoisotopic (exact) mass is 265 g/mol. The summed E-state index contributed by atoms with van der Waals surface area (Å²) in [6, 6.07) is 10.6. The molecule has 0 saturated carbocycles. The summed E-state index contributed by atoms with van der Waals surface area (Å²) in [5, 5.41) is 0. The van der Waals surface area contributed by atoms with E-state index < -0.39 is 0 Å². The van der Waals surface area contributed by atoms with Gasteiger partial charge in [0.25, 0.3) is 0 Å². The Kier molecular flexibility index (Phi) is 3.07. The molecule has 0 aliphatic heterocycles. The maximum Gasteiger partial charge on any atom is 0.137 e. The van der Waals surface area contributed by atoms with Gasteiger partial charge in [-0.05, 0) is 44.0 Å². The van der Waals surface area contributed by atoms with Crippen molar-refractivity contribution in [2.24, 2.45) is 5.73 Å². The van der Waals surface area contributed by atoms with Gasteiger partial charge in [-0.25, -0.2) is 4.98 Å². The maximum absolute atomic E-state index is 5.98. The molecule has 0 saturated heterocycles. The fraction of sp³-hybridized carbons (Fsp3) is 0.235. The van der Waals surface area contributed by atoms with Crippen LogP contribution in [0.5, 0.6) is 0 Å². The first-order valence-electron chi connectivity index (χ1n) is 6.85. The van der Waals surface area contributed by atoms with Crippen molar-refractivity contribution in [2.45, 2.75) is 27.3 Å². The quantitative estimate of drug-likeness (QED) is 0.772. The molecule has 0 amide bonds. The highest BCUT2D eigenvalue weighted by Gasteiger charge is 2.14. The summed E-state index contributed by atoms with van der Waals surface area (Å²) < 4.78 is 2.10. The zero-order chi connectivity index (χ0) is 14.3. The van der Waals surface area contributed by atoms with Crippen LogP contribution in [0.25, 0.3) is 16.9 Å². The number of aryl methyl sites for hydroxylation is 3. The Balaban J connectivity index is 2.33.